The van der Waals surface area contributed by atoms with Gasteiger partial charge in [0, 0.05) is 7.05 Å². The van der Waals surface area contributed by atoms with Gasteiger partial charge in [0.1, 0.15) is 18.1 Å². The van der Waals surface area contributed by atoms with Crippen molar-refractivity contribution in [3.63, 3.8) is 0 Å². The molecule has 0 radical (unpaired) electrons. The summed E-state index contributed by atoms with van der Waals surface area (Å²) in [7, 11) is 1.48. The Balaban J connectivity index is 1.83. The van der Waals surface area contributed by atoms with Crippen molar-refractivity contribution in [3.8, 4) is 0 Å². The van der Waals surface area contributed by atoms with Crippen LogP contribution in [0.15, 0.2) is 12.7 Å². The van der Waals surface area contributed by atoms with E-state index in [0.29, 0.717) is 12.4 Å². The Hall–Kier alpha value is -1.63. The molecule has 2 aromatic rings. The van der Waals surface area contributed by atoms with Gasteiger partial charge in [-0.1, -0.05) is 0 Å². The van der Waals surface area contributed by atoms with Gasteiger partial charge in [-0.15, -0.1) is 0 Å². The molecular weight excluding hydrogens is 281 g/mol. The maximum Gasteiger partial charge on any atom is 0.327 e. The van der Waals surface area contributed by atoms with E-state index in [0.717, 1.165) is 24.0 Å². The van der Waals surface area contributed by atoms with Gasteiger partial charge >= 0.3 is 8.69 Å². The van der Waals surface area contributed by atoms with Crippen LogP contribution in [0.25, 0.3) is 11.2 Å². The van der Waals surface area contributed by atoms with Gasteiger partial charge in [0.15, 0.2) is 11.5 Å². The van der Waals surface area contributed by atoms with Gasteiger partial charge in [0.25, 0.3) is 0 Å². The Labute approximate surface area is 116 Å². The molecule has 0 aromatic carbocycles. The van der Waals surface area contributed by atoms with Crippen LogP contribution in [-0.2, 0) is 13.8 Å². The Morgan fingerprint density at radius 2 is 2.40 bits per heavy atom. The zero-order valence-electron chi connectivity index (χ0n) is 10.9. The largest absolute Gasteiger partial charge is 0.371 e. The van der Waals surface area contributed by atoms with Crippen molar-refractivity contribution in [2.75, 3.05) is 19.0 Å². The van der Waals surface area contributed by atoms with Crippen LogP contribution < -0.4 is 5.32 Å². The smallest absolute Gasteiger partial charge is 0.327 e. The first-order valence-electron chi connectivity index (χ1n) is 6.29. The number of hydrogen-bond acceptors (Lipinski definition) is 7. The molecule has 1 fully saturated rings. The fourth-order valence-corrected chi connectivity index (χ4v) is 2.60. The number of imidazole rings is 1. The fraction of sp³-hybridized carbons (Fsp3) is 0.545. The van der Waals surface area contributed by atoms with E-state index in [-0.39, 0.29) is 21.0 Å². The lowest BCUT2D eigenvalue weighted by molar-refractivity contribution is -0.0140. The summed E-state index contributed by atoms with van der Waals surface area (Å²) in [5, 5.41) is 2.99. The molecule has 3 heterocycles. The summed E-state index contributed by atoms with van der Waals surface area (Å²) >= 11 is 0. The summed E-state index contributed by atoms with van der Waals surface area (Å²) in [5.74, 6) is 0.691. The molecule has 1 N–H and O–H groups in total. The quantitative estimate of drug-likeness (QED) is 0.840. The van der Waals surface area contributed by atoms with E-state index in [1.165, 1.54) is 6.33 Å². The lowest BCUT2D eigenvalue weighted by Gasteiger charge is -2.14. The van der Waals surface area contributed by atoms with Gasteiger partial charge in [-0.2, -0.15) is 0 Å². The van der Waals surface area contributed by atoms with E-state index in [1.54, 1.807) is 13.4 Å². The first kappa shape index (κ1) is 13.4. The highest BCUT2D eigenvalue weighted by Crippen LogP contribution is 2.31. The molecule has 0 spiro atoms. The molecule has 2 unspecified atom stereocenters. The van der Waals surface area contributed by atoms with Crippen molar-refractivity contribution in [3.05, 3.63) is 12.7 Å². The number of nitrogens with zero attached hydrogens (tertiary/aromatic N) is 4. The van der Waals surface area contributed by atoms with Crippen LogP contribution in [-0.4, -0.2) is 39.3 Å². The zero-order chi connectivity index (χ0) is 13.9. The van der Waals surface area contributed by atoms with Crippen LogP contribution in [0.1, 0.15) is 19.1 Å². The first-order valence-corrected chi connectivity index (χ1v) is 7.02. The van der Waals surface area contributed by atoms with Gasteiger partial charge in [-0.3, -0.25) is 9.09 Å². The van der Waals surface area contributed by atoms with Crippen molar-refractivity contribution >= 4 is 25.7 Å². The second kappa shape index (κ2) is 5.78. The number of anilines is 1. The molecule has 9 heteroatoms. The van der Waals surface area contributed by atoms with Crippen molar-refractivity contribution < 1.29 is 13.8 Å². The Bertz CT molecular complexity index is 619. The van der Waals surface area contributed by atoms with E-state index in [4.69, 9.17) is 9.26 Å². The predicted octanol–water partition coefficient (Wildman–Crippen LogP) is 1.77. The van der Waals surface area contributed by atoms with Crippen LogP contribution >= 0.6 is 8.69 Å². The number of hydrogen-bond donors (Lipinski definition) is 1. The Kier molecular flexibility index (Phi) is 3.86. The van der Waals surface area contributed by atoms with Crippen LogP contribution in [0.2, 0.25) is 0 Å². The van der Waals surface area contributed by atoms with Gasteiger partial charge < -0.3 is 10.1 Å². The lowest BCUT2D eigenvalue weighted by atomic mass is 10.2. The molecule has 0 bridgehead atoms. The van der Waals surface area contributed by atoms with Crippen molar-refractivity contribution in [2.24, 2.45) is 0 Å². The first-order chi connectivity index (χ1) is 9.83. The fourth-order valence-electron chi connectivity index (χ4n) is 2.37. The second-order valence-corrected chi connectivity index (χ2v) is 4.86. The highest BCUT2D eigenvalue weighted by atomic mass is 31.1. The highest BCUT2D eigenvalue weighted by Gasteiger charge is 2.28. The normalized spacial score (nSPS) is 22.6. The Morgan fingerprint density at radius 3 is 3.20 bits per heavy atom. The molecule has 20 heavy (non-hydrogen) atoms. The maximum atomic E-state index is 10.3. The van der Waals surface area contributed by atoms with E-state index in [2.05, 4.69) is 20.3 Å². The molecule has 3 rings (SSSR count). The van der Waals surface area contributed by atoms with Crippen LogP contribution in [0, 0.1) is 0 Å². The lowest BCUT2D eigenvalue weighted by Crippen LogP contribution is -2.14. The highest BCUT2D eigenvalue weighted by molar-refractivity contribution is 7.17. The van der Waals surface area contributed by atoms with Crippen molar-refractivity contribution in [1.29, 1.82) is 0 Å². The van der Waals surface area contributed by atoms with Crippen LogP contribution in [0.4, 0.5) is 5.82 Å². The summed E-state index contributed by atoms with van der Waals surface area (Å²) in [5.41, 5.74) is 1.45. The molecule has 0 saturated carbocycles. The summed E-state index contributed by atoms with van der Waals surface area (Å²) < 4.78 is 22.9. The Morgan fingerprint density at radius 1 is 1.50 bits per heavy atom. The molecule has 106 valence electrons. The van der Waals surface area contributed by atoms with E-state index in [1.807, 2.05) is 4.57 Å². The predicted molar refractivity (Wildman–Crippen MR) is 71.6 cm³/mol. The SMILES string of the molecule is CNc1ncnc2c1ncn2C1CCC(COP=O)O1. The molecule has 0 aliphatic carbocycles. The van der Waals surface area contributed by atoms with Gasteiger partial charge in [0.2, 0.25) is 0 Å². The third-order valence-corrected chi connectivity index (χ3v) is 3.56. The third-order valence-electron chi connectivity index (χ3n) is 3.30. The van der Waals surface area contributed by atoms with E-state index < -0.39 is 0 Å². The van der Waals surface area contributed by atoms with Gasteiger partial charge in [0.05, 0.1) is 19.0 Å². The molecule has 1 aliphatic rings. The summed E-state index contributed by atoms with van der Waals surface area (Å²) in [6.07, 6.45) is 4.72. The van der Waals surface area contributed by atoms with E-state index in [9.17, 15) is 4.57 Å². The molecule has 0 amide bonds. The number of fused-ring (bicyclic) bond motifs is 1. The molecule has 2 atom stereocenters. The summed E-state index contributed by atoms with van der Waals surface area (Å²) in [6.45, 7) is 0.324. The third kappa shape index (κ3) is 2.37. The van der Waals surface area contributed by atoms with E-state index >= 15 is 0 Å². The molecule has 1 saturated heterocycles. The molecule has 2 aromatic heterocycles. The second-order valence-electron chi connectivity index (χ2n) is 4.46. The maximum absolute atomic E-state index is 10.3. The minimum atomic E-state index is -0.315. The minimum absolute atomic E-state index is 0.0514. The molecule has 1 aliphatic heterocycles. The van der Waals surface area contributed by atoms with Crippen LogP contribution in [0.5, 0.6) is 0 Å². The minimum Gasteiger partial charge on any atom is -0.371 e. The van der Waals surface area contributed by atoms with Gasteiger partial charge in [-0.05, 0) is 12.8 Å². The summed E-state index contributed by atoms with van der Waals surface area (Å²) in [4.78, 5) is 12.7. The molecular formula is C11H14N5O3P. The monoisotopic (exact) mass is 295 g/mol. The van der Waals surface area contributed by atoms with Crippen LogP contribution in [0.3, 0.4) is 0 Å². The topological polar surface area (TPSA) is 91.2 Å². The average molecular weight is 295 g/mol. The standard InChI is InChI=1S/C11H14N5O3P/c1-12-10-9-11(14-5-13-10)16(6-15-9)8-3-2-7(19-8)4-18-20-17/h5-8H,2-4H2,1H3,(H,12,13,14). The van der Waals surface area contributed by atoms with Gasteiger partial charge in [-0.25, -0.2) is 19.5 Å². The molecule has 8 nitrogen and oxygen atoms in total. The van der Waals surface area contributed by atoms with Crippen molar-refractivity contribution in [2.45, 2.75) is 25.2 Å². The average Bonchev–Trinajstić information content (AvgIpc) is 3.10. The number of ether oxygens (including phenoxy) is 1. The number of aromatic nitrogens is 4. The number of rotatable bonds is 5. The summed E-state index contributed by atoms with van der Waals surface area (Å²) in [6, 6.07) is 0. The number of nitrogens with one attached hydrogen (secondary N) is 1. The van der Waals surface area contributed by atoms with Crippen molar-refractivity contribution in [1.82, 2.24) is 19.5 Å². The zero-order valence-corrected chi connectivity index (χ0v) is 11.8.